The van der Waals surface area contributed by atoms with Crippen LogP contribution in [0.1, 0.15) is 59.8 Å². The zero-order chi connectivity index (χ0) is 23.8. The largest absolute Gasteiger partial charge is 0.481 e. The summed E-state index contributed by atoms with van der Waals surface area (Å²) in [6.07, 6.45) is 11.0. The molecule has 176 valence electrons. The summed E-state index contributed by atoms with van der Waals surface area (Å²) in [5.74, 6) is -1.71. The number of allylic oxidation sites excluding steroid dienone is 4. The topological polar surface area (TPSA) is 124 Å². The molecule has 0 fully saturated rings. The highest BCUT2D eigenvalue weighted by molar-refractivity contribution is 5.76. The second-order valence-corrected chi connectivity index (χ2v) is 7.63. The van der Waals surface area contributed by atoms with Gasteiger partial charge >= 0.3 is 11.9 Å². The molecule has 0 aliphatic carbocycles. The lowest BCUT2D eigenvalue weighted by Gasteiger charge is -2.19. The van der Waals surface area contributed by atoms with Crippen LogP contribution in [0.3, 0.4) is 0 Å². The van der Waals surface area contributed by atoms with Crippen molar-refractivity contribution < 1.29 is 34.8 Å². The molecule has 0 saturated heterocycles. The summed E-state index contributed by atoms with van der Waals surface area (Å²) in [5.41, 5.74) is 0.762. The molecule has 0 aliphatic heterocycles. The first-order valence-corrected chi connectivity index (χ1v) is 10.7. The number of aliphatic carboxylic acids is 1. The van der Waals surface area contributed by atoms with Gasteiger partial charge in [0.25, 0.3) is 0 Å². The number of hydrogen-bond donors (Lipinski definition) is 4. The second kappa shape index (κ2) is 16.5. The Morgan fingerprint density at radius 3 is 2.03 bits per heavy atom. The number of carboxylic acid groups (broad SMARTS) is 1. The van der Waals surface area contributed by atoms with Crippen LogP contribution in [0.15, 0.2) is 48.1 Å². The highest BCUT2D eigenvalue weighted by atomic mass is 16.5. The number of hydrogen-bond acceptors (Lipinski definition) is 6. The fourth-order valence-corrected chi connectivity index (χ4v) is 2.57. The molecule has 0 amide bonds. The summed E-state index contributed by atoms with van der Waals surface area (Å²) in [6.45, 7) is 7.23. The average molecular weight is 439 g/mol. The van der Waals surface area contributed by atoms with Crippen LogP contribution in [0.5, 0.6) is 0 Å². The van der Waals surface area contributed by atoms with E-state index in [0.29, 0.717) is 19.3 Å². The maximum absolute atomic E-state index is 11.6. The van der Waals surface area contributed by atoms with E-state index in [-0.39, 0.29) is 18.8 Å². The predicted molar refractivity (Wildman–Crippen MR) is 120 cm³/mol. The van der Waals surface area contributed by atoms with Gasteiger partial charge in [0.2, 0.25) is 0 Å². The summed E-state index contributed by atoms with van der Waals surface area (Å²) in [4.78, 5) is 22.1. The van der Waals surface area contributed by atoms with Gasteiger partial charge in [0.1, 0.15) is 6.10 Å². The highest BCUT2D eigenvalue weighted by Crippen LogP contribution is 2.16. The summed E-state index contributed by atoms with van der Waals surface area (Å²) < 4.78 is 5.23. The number of carbonyl (C=O) groups is 2. The van der Waals surface area contributed by atoms with Crippen LogP contribution in [-0.4, -0.2) is 56.8 Å². The number of esters is 1. The number of ether oxygens (including phenoxy) is 1. The second-order valence-electron chi connectivity index (χ2n) is 7.63. The Hall–Kier alpha value is -2.22. The van der Waals surface area contributed by atoms with Gasteiger partial charge in [-0.2, -0.15) is 0 Å². The maximum Gasteiger partial charge on any atom is 0.306 e. The summed E-state index contributed by atoms with van der Waals surface area (Å²) in [7, 11) is 0. The van der Waals surface area contributed by atoms with Gasteiger partial charge in [0.15, 0.2) is 0 Å². The van der Waals surface area contributed by atoms with Crippen molar-refractivity contribution in [2.75, 3.05) is 0 Å². The average Bonchev–Trinajstić information content (AvgIpc) is 2.72. The minimum absolute atomic E-state index is 0.126. The Kier molecular flexibility index (Phi) is 15.3. The van der Waals surface area contributed by atoms with Crippen LogP contribution in [0.2, 0.25) is 0 Å². The Morgan fingerprint density at radius 2 is 1.48 bits per heavy atom. The van der Waals surface area contributed by atoms with E-state index >= 15 is 0 Å². The van der Waals surface area contributed by atoms with Gasteiger partial charge in [0.05, 0.1) is 31.2 Å². The van der Waals surface area contributed by atoms with E-state index in [0.717, 1.165) is 5.57 Å². The Balaban J connectivity index is 4.38. The molecule has 0 heterocycles. The number of carboxylic acids is 1. The Bertz CT molecular complexity index is 648. The molecule has 0 radical (unpaired) electrons. The van der Waals surface area contributed by atoms with Crippen LogP contribution < -0.4 is 0 Å². The molecule has 0 spiro atoms. The van der Waals surface area contributed by atoms with Gasteiger partial charge in [-0.1, -0.05) is 56.4 Å². The fourth-order valence-electron chi connectivity index (χ4n) is 2.57. The number of carbonyl (C=O) groups excluding carboxylic acids is 1. The van der Waals surface area contributed by atoms with Crippen molar-refractivity contribution in [3.05, 3.63) is 48.1 Å². The smallest absolute Gasteiger partial charge is 0.306 e. The molecule has 0 aromatic rings. The quantitative estimate of drug-likeness (QED) is 0.176. The number of rotatable bonds is 15. The first-order chi connectivity index (χ1) is 14.6. The van der Waals surface area contributed by atoms with Crippen LogP contribution >= 0.6 is 0 Å². The summed E-state index contributed by atoms with van der Waals surface area (Å²) in [6, 6.07) is 0. The van der Waals surface area contributed by atoms with Crippen LogP contribution in [0, 0.1) is 5.92 Å². The Labute approximate surface area is 185 Å². The molecule has 4 N–H and O–H groups in total. The molecular formula is C24H38O7. The lowest BCUT2D eigenvalue weighted by molar-refractivity contribution is -0.152. The van der Waals surface area contributed by atoms with Gasteiger partial charge in [-0.15, -0.1) is 0 Å². The summed E-state index contributed by atoms with van der Waals surface area (Å²) >= 11 is 0. The summed E-state index contributed by atoms with van der Waals surface area (Å²) in [5, 5.41) is 38.0. The minimum atomic E-state index is -1.04. The lowest BCUT2D eigenvalue weighted by atomic mass is 9.99. The molecule has 0 aromatic heterocycles. The molecule has 7 heteroatoms. The number of aliphatic hydroxyl groups is 3. The van der Waals surface area contributed by atoms with Crippen molar-refractivity contribution in [3.63, 3.8) is 0 Å². The third-order valence-corrected chi connectivity index (χ3v) is 4.86. The van der Waals surface area contributed by atoms with Crippen LogP contribution in [0.4, 0.5) is 0 Å². The molecule has 0 unspecified atom stereocenters. The van der Waals surface area contributed by atoms with E-state index in [1.165, 1.54) is 0 Å². The normalized spacial score (nSPS) is 17.7. The Morgan fingerprint density at radius 1 is 0.903 bits per heavy atom. The maximum atomic E-state index is 11.6. The van der Waals surface area contributed by atoms with Crippen LogP contribution in [0.25, 0.3) is 0 Å². The van der Waals surface area contributed by atoms with E-state index < -0.39 is 36.4 Å². The molecule has 0 aromatic carbocycles. The van der Waals surface area contributed by atoms with Crippen molar-refractivity contribution in [3.8, 4) is 0 Å². The highest BCUT2D eigenvalue weighted by Gasteiger charge is 2.17. The monoisotopic (exact) mass is 438 g/mol. The van der Waals surface area contributed by atoms with Gasteiger partial charge < -0.3 is 25.2 Å². The fraction of sp³-hybridized carbons (Fsp3) is 0.583. The van der Waals surface area contributed by atoms with Crippen molar-refractivity contribution in [1.29, 1.82) is 0 Å². The third kappa shape index (κ3) is 14.4. The molecule has 7 nitrogen and oxygen atoms in total. The lowest BCUT2D eigenvalue weighted by Crippen LogP contribution is -2.23. The molecular weight excluding hydrogens is 400 g/mol. The van der Waals surface area contributed by atoms with Crippen LogP contribution in [-0.2, 0) is 14.3 Å². The predicted octanol–water partition coefficient (Wildman–Crippen LogP) is 3.31. The standard InChI is InChI=1S/C24H38O7/c1-5-20(25)22(27)13-11-9-7-6-8-10-12-21(26)18(3)16-17(2)19(4)31-24(30)15-14-23(28)29/h6-11,16-17,19-22,25-27H,5,12-15H2,1-4H3,(H,28,29)/b7-6+,10-8+,11-9+,18-16-/t17-,19-,20+,21+,22-/m1/s1. The van der Waals surface area contributed by atoms with E-state index in [9.17, 15) is 24.9 Å². The van der Waals surface area contributed by atoms with Crippen molar-refractivity contribution in [2.24, 2.45) is 5.92 Å². The molecule has 0 saturated carbocycles. The van der Waals surface area contributed by atoms with Gasteiger partial charge in [-0.05, 0) is 38.7 Å². The first-order valence-electron chi connectivity index (χ1n) is 10.7. The van der Waals surface area contributed by atoms with Gasteiger partial charge in [-0.25, -0.2) is 0 Å². The third-order valence-electron chi connectivity index (χ3n) is 4.86. The minimum Gasteiger partial charge on any atom is -0.481 e. The van der Waals surface area contributed by atoms with E-state index in [2.05, 4.69) is 0 Å². The zero-order valence-corrected chi connectivity index (χ0v) is 19.0. The SMILES string of the molecule is CC[C@H](O)[C@H](O)C/C=C/C=C/C=C/C[C@H](O)/C(C)=C\[C@@H](C)[C@@H](C)OC(=O)CCC(=O)O. The molecule has 0 rings (SSSR count). The van der Waals surface area contributed by atoms with Crippen molar-refractivity contribution >= 4 is 11.9 Å². The van der Waals surface area contributed by atoms with Gasteiger partial charge in [0, 0.05) is 5.92 Å². The van der Waals surface area contributed by atoms with Gasteiger partial charge in [-0.3, -0.25) is 9.59 Å². The van der Waals surface area contributed by atoms with E-state index in [1.54, 1.807) is 25.2 Å². The number of aliphatic hydroxyl groups excluding tert-OH is 3. The first kappa shape index (κ1) is 28.8. The van der Waals surface area contributed by atoms with Crippen molar-refractivity contribution in [2.45, 2.75) is 84.2 Å². The molecule has 31 heavy (non-hydrogen) atoms. The molecule has 0 bridgehead atoms. The molecule has 5 atom stereocenters. The zero-order valence-electron chi connectivity index (χ0n) is 19.0. The van der Waals surface area contributed by atoms with E-state index in [1.807, 2.05) is 45.1 Å². The van der Waals surface area contributed by atoms with Crippen molar-refractivity contribution in [1.82, 2.24) is 0 Å². The van der Waals surface area contributed by atoms with E-state index in [4.69, 9.17) is 9.84 Å². The molecule has 0 aliphatic rings.